The quantitative estimate of drug-likeness (QED) is 0.645. The van der Waals surface area contributed by atoms with E-state index < -0.39 is 11.9 Å². The standard InChI is InChI=1S/C15H13N3O2/c1-10-7-8-12(9-13-14(19)17-15(20)16-13)18(10)11-5-3-2-4-6-11/h2-9H,1H3,(H2,16,17,19,20)/b13-9+. The molecule has 1 fully saturated rings. The van der Waals surface area contributed by atoms with Gasteiger partial charge >= 0.3 is 6.03 Å². The molecule has 0 radical (unpaired) electrons. The molecule has 3 amide bonds. The molecule has 0 atom stereocenters. The van der Waals surface area contributed by atoms with Crippen LogP contribution < -0.4 is 10.6 Å². The van der Waals surface area contributed by atoms with E-state index in [9.17, 15) is 9.59 Å². The molecule has 1 aliphatic heterocycles. The molecule has 2 aromatic rings. The van der Waals surface area contributed by atoms with E-state index in [1.54, 1.807) is 6.08 Å². The lowest BCUT2D eigenvalue weighted by atomic mass is 10.3. The molecule has 0 spiro atoms. The van der Waals surface area contributed by atoms with Crippen molar-refractivity contribution in [1.82, 2.24) is 15.2 Å². The summed E-state index contributed by atoms with van der Waals surface area (Å²) in [6.07, 6.45) is 1.67. The number of benzene rings is 1. The summed E-state index contributed by atoms with van der Waals surface area (Å²) in [5.74, 6) is -0.409. The maximum Gasteiger partial charge on any atom is 0.326 e. The van der Waals surface area contributed by atoms with Crippen LogP contribution in [0.1, 0.15) is 11.4 Å². The summed E-state index contributed by atoms with van der Waals surface area (Å²) in [6, 6.07) is 13.2. The van der Waals surface area contributed by atoms with Crippen LogP contribution in [0, 0.1) is 6.92 Å². The van der Waals surface area contributed by atoms with Crippen LogP contribution in [0.5, 0.6) is 0 Å². The maximum atomic E-state index is 11.6. The van der Waals surface area contributed by atoms with Gasteiger partial charge in [0, 0.05) is 17.1 Å². The molecule has 20 heavy (non-hydrogen) atoms. The van der Waals surface area contributed by atoms with Crippen molar-refractivity contribution >= 4 is 18.0 Å². The molecule has 3 rings (SSSR count). The molecule has 100 valence electrons. The van der Waals surface area contributed by atoms with Crippen LogP contribution >= 0.6 is 0 Å². The molecule has 1 saturated heterocycles. The number of aromatic nitrogens is 1. The minimum Gasteiger partial charge on any atom is -0.314 e. The van der Waals surface area contributed by atoms with Gasteiger partial charge in [-0.25, -0.2) is 4.79 Å². The molecule has 0 unspecified atom stereocenters. The van der Waals surface area contributed by atoms with E-state index in [0.29, 0.717) is 0 Å². The summed E-state index contributed by atoms with van der Waals surface area (Å²) in [7, 11) is 0. The first-order valence-corrected chi connectivity index (χ1v) is 6.23. The van der Waals surface area contributed by atoms with E-state index >= 15 is 0 Å². The number of nitrogens with one attached hydrogen (secondary N) is 2. The second kappa shape index (κ2) is 4.70. The van der Waals surface area contributed by atoms with Gasteiger partial charge in [-0.05, 0) is 37.3 Å². The zero-order valence-corrected chi connectivity index (χ0v) is 10.9. The van der Waals surface area contributed by atoms with E-state index in [-0.39, 0.29) is 5.70 Å². The van der Waals surface area contributed by atoms with Gasteiger partial charge in [-0.3, -0.25) is 10.1 Å². The number of amides is 3. The second-order valence-corrected chi connectivity index (χ2v) is 4.54. The number of urea groups is 1. The third-order valence-electron chi connectivity index (χ3n) is 3.13. The zero-order chi connectivity index (χ0) is 14.1. The molecule has 0 bridgehead atoms. The van der Waals surface area contributed by atoms with Gasteiger partial charge < -0.3 is 9.88 Å². The highest BCUT2D eigenvalue weighted by molar-refractivity contribution is 6.13. The lowest BCUT2D eigenvalue weighted by Gasteiger charge is -2.09. The van der Waals surface area contributed by atoms with E-state index in [1.807, 2.05) is 54.0 Å². The maximum absolute atomic E-state index is 11.6. The highest BCUT2D eigenvalue weighted by atomic mass is 16.2. The Morgan fingerprint density at radius 3 is 2.40 bits per heavy atom. The topological polar surface area (TPSA) is 63.1 Å². The molecule has 1 aromatic carbocycles. The Hall–Kier alpha value is -2.82. The predicted octanol–water partition coefficient (Wildman–Crippen LogP) is 1.97. The fourth-order valence-corrected chi connectivity index (χ4v) is 2.23. The smallest absolute Gasteiger partial charge is 0.314 e. The molecular formula is C15H13N3O2. The highest BCUT2D eigenvalue weighted by Gasteiger charge is 2.23. The number of hydrogen-bond donors (Lipinski definition) is 2. The summed E-state index contributed by atoms with van der Waals surface area (Å²) in [6.45, 7) is 1.99. The Kier molecular flexibility index (Phi) is 2.87. The van der Waals surface area contributed by atoms with Gasteiger partial charge in [0.25, 0.3) is 5.91 Å². The van der Waals surface area contributed by atoms with Crippen LogP contribution in [0.3, 0.4) is 0 Å². The van der Waals surface area contributed by atoms with Gasteiger partial charge in [-0.1, -0.05) is 18.2 Å². The monoisotopic (exact) mass is 267 g/mol. The van der Waals surface area contributed by atoms with Gasteiger partial charge in [0.1, 0.15) is 5.70 Å². The van der Waals surface area contributed by atoms with Crippen molar-refractivity contribution < 1.29 is 9.59 Å². The van der Waals surface area contributed by atoms with Crippen molar-refractivity contribution in [3.63, 3.8) is 0 Å². The summed E-state index contributed by atoms with van der Waals surface area (Å²) in [5, 5.41) is 4.67. The van der Waals surface area contributed by atoms with Crippen molar-refractivity contribution in [3.8, 4) is 5.69 Å². The molecule has 1 aromatic heterocycles. The fraction of sp³-hybridized carbons (Fsp3) is 0.0667. The summed E-state index contributed by atoms with van der Waals surface area (Å²) in [5.41, 5.74) is 3.14. The molecule has 0 saturated carbocycles. The number of para-hydroxylation sites is 1. The molecule has 2 N–H and O–H groups in total. The van der Waals surface area contributed by atoms with Gasteiger partial charge in [0.15, 0.2) is 0 Å². The van der Waals surface area contributed by atoms with Gasteiger partial charge in [0.05, 0.1) is 0 Å². The van der Waals surface area contributed by atoms with E-state index in [2.05, 4.69) is 10.6 Å². The average Bonchev–Trinajstić information content (AvgIpc) is 2.94. The first-order chi connectivity index (χ1) is 9.65. The minimum absolute atomic E-state index is 0.255. The molecule has 5 nitrogen and oxygen atoms in total. The Bertz CT molecular complexity index is 714. The number of hydrogen-bond acceptors (Lipinski definition) is 2. The normalized spacial score (nSPS) is 16.4. The van der Waals surface area contributed by atoms with Crippen LogP contribution in [0.4, 0.5) is 4.79 Å². The second-order valence-electron chi connectivity index (χ2n) is 4.54. The van der Waals surface area contributed by atoms with Crippen LogP contribution in [-0.4, -0.2) is 16.5 Å². The lowest BCUT2D eigenvalue weighted by Crippen LogP contribution is -2.22. The summed E-state index contributed by atoms with van der Waals surface area (Å²) in [4.78, 5) is 22.7. The first-order valence-electron chi connectivity index (χ1n) is 6.23. The van der Waals surface area contributed by atoms with Gasteiger partial charge in [-0.2, -0.15) is 0 Å². The zero-order valence-electron chi connectivity index (χ0n) is 10.9. The number of rotatable bonds is 2. The molecule has 0 aliphatic carbocycles. The Morgan fingerprint density at radius 1 is 1.00 bits per heavy atom. The van der Waals surface area contributed by atoms with Crippen molar-refractivity contribution in [1.29, 1.82) is 0 Å². The Morgan fingerprint density at radius 2 is 1.75 bits per heavy atom. The van der Waals surface area contributed by atoms with E-state index in [4.69, 9.17) is 0 Å². The van der Waals surface area contributed by atoms with Crippen LogP contribution in [0.15, 0.2) is 48.2 Å². The molecular weight excluding hydrogens is 254 g/mol. The number of nitrogens with zero attached hydrogens (tertiary/aromatic N) is 1. The molecule has 2 heterocycles. The lowest BCUT2D eigenvalue weighted by molar-refractivity contribution is -0.115. The molecule has 5 heteroatoms. The van der Waals surface area contributed by atoms with Gasteiger partial charge in [0.2, 0.25) is 0 Å². The highest BCUT2D eigenvalue weighted by Crippen LogP contribution is 2.19. The third-order valence-corrected chi connectivity index (χ3v) is 3.13. The van der Waals surface area contributed by atoms with Crippen LogP contribution in [-0.2, 0) is 4.79 Å². The summed E-state index contributed by atoms with van der Waals surface area (Å²) < 4.78 is 2.02. The average molecular weight is 267 g/mol. The van der Waals surface area contributed by atoms with Crippen molar-refractivity contribution in [2.75, 3.05) is 0 Å². The number of carbonyl (C=O) groups is 2. The largest absolute Gasteiger partial charge is 0.326 e. The first kappa shape index (κ1) is 12.2. The summed E-state index contributed by atoms with van der Waals surface area (Å²) >= 11 is 0. The van der Waals surface area contributed by atoms with Crippen LogP contribution in [0.25, 0.3) is 11.8 Å². The van der Waals surface area contributed by atoms with Gasteiger partial charge in [-0.15, -0.1) is 0 Å². The van der Waals surface area contributed by atoms with Crippen molar-refractivity contribution in [2.45, 2.75) is 6.92 Å². The SMILES string of the molecule is Cc1ccc(/C=C2/NC(=O)NC2=O)n1-c1ccccc1. The fourth-order valence-electron chi connectivity index (χ4n) is 2.23. The van der Waals surface area contributed by atoms with E-state index in [0.717, 1.165) is 17.1 Å². The number of carbonyl (C=O) groups excluding carboxylic acids is 2. The Balaban J connectivity index is 2.06. The van der Waals surface area contributed by atoms with Crippen molar-refractivity contribution in [2.24, 2.45) is 0 Å². The predicted molar refractivity (Wildman–Crippen MR) is 75.2 cm³/mol. The van der Waals surface area contributed by atoms with Crippen molar-refractivity contribution in [3.05, 3.63) is 59.5 Å². The minimum atomic E-state index is -0.490. The number of imide groups is 1. The van der Waals surface area contributed by atoms with Crippen LogP contribution in [0.2, 0.25) is 0 Å². The third kappa shape index (κ3) is 2.09. The molecule has 1 aliphatic rings. The van der Waals surface area contributed by atoms with E-state index in [1.165, 1.54) is 0 Å². The Labute approximate surface area is 115 Å². The number of aryl methyl sites for hydroxylation is 1.